The van der Waals surface area contributed by atoms with Gasteiger partial charge in [-0.1, -0.05) is 0 Å². The molecule has 1 aromatic rings. The lowest BCUT2D eigenvalue weighted by Gasteiger charge is -2.21. The Balaban J connectivity index is 1.81. The molecule has 2 rings (SSSR count). The maximum atomic E-state index is 10.2. The third-order valence-electron chi connectivity index (χ3n) is 2.73. The molecular formula is C11H16BrNO2S2. The molecule has 17 heavy (non-hydrogen) atoms. The van der Waals surface area contributed by atoms with Crippen LogP contribution < -0.4 is 10.1 Å². The minimum Gasteiger partial charge on any atom is -0.486 e. The summed E-state index contributed by atoms with van der Waals surface area (Å²) in [5.41, 5.74) is -0.511. The van der Waals surface area contributed by atoms with Crippen LogP contribution in [-0.4, -0.2) is 35.9 Å². The van der Waals surface area contributed by atoms with Crippen molar-refractivity contribution in [3.05, 3.63) is 15.4 Å². The second-order valence-electron chi connectivity index (χ2n) is 4.18. The predicted molar refractivity (Wildman–Crippen MR) is 77.2 cm³/mol. The van der Waals surface area contributed by atoms with Crippen LogP contribution in [0.4, 0.5) is 0 Å². The second kappa shape index (κ2) is 5.93. The number of hydrogen-bond donors (Lipinski definition) is 2. The predicted octanol–water partition coefficient (Wildman–Crippen LogP) is 2.48. The van der Waals surface area contributed by atoms with Crippen LogP contribution in [0.15, 0.2) is 10.5 Å². The molecule has 2 N–H and O–H groups in total. The molecule has 6 heteroatoms. The van der Waals surface area contributed by atoms with Gasteiger partial charge in [-0.3, -0.25) is 0 Å². The third kappa shape index (κ3) is 3.61. The van der Waals surface area contributed by atoms with Crippen molar-refractivity contribution in [2.45, 2.75) is 18.6 Å². The summed E-state index contributed by atoms with van der Waals surface area (Å²) < 4.78 is 6.21. The molecule has 1 atom stereocenters. The van der Waals surface area contributed by atoms with Crippen molar-refractivity contribution >= 4 is 39.0 Å². The van der Waals surface area contributed by atoms with Gasteiger partial charge in [0, 0.05) is 23.7 Å². The van der Waals surface area contributed by atoms with Crippen LogP contribution in [0.25, 0.3) is 0 Å². The first kappa shape index (κ1) is 13.7. The zero-order valence-electron chi connectivity index (χ0n) is 9.66. The van der Waals surface area contributed by atoms with Crippen LogP contribution in [0.5, 0.6) is 5.06 Å². The molecule has 0 radical (unpaired) electrons. The molecule has 1 unspecified atom stereocenters. The van der Waals surface area contributed by atoms with E-state index in [4.69, 9.17) is 4.74 Å². The highest BCUT2D eigenvalue weighted by Crippen LogP contribution is 2.34. The zero-order valence-corrected chi connectivity index (χ0v) is 12.9. The first-order chi connectivity index (χ1) is 8.13. The quantitative estimate of drug-likeness (QED) is 0.866. The van der Waals surface area contributed by atoms with Crippen molar-refractivity contribution in [2.75, 3.05) is 25.2 Å². The van der Waals surface area contributed by atoms with Crippen molar-refractivity contribution in [3.63, 3.8) is 0 Å². The molecule has 1 aliphatic heterocycles. The molecule has 2 heterocycles. The number of ether oxygens (including phenoxy) is 1. The van der Waals surface area contributed by atoms with Gasteiger partial charge in [0.15, 0.2) is 5.06 Å². The minimum absolute atomic E-state index is 0.511. The van der Waals surface area contributed by atoms with Crippen LogP contribution in [0.1, 0.15) is 11.3 Å². The Morgan fingerprint density at radius 1 is 1.65 bits per heavy atom. The molecule has 1 fully saturated rings. The highest BCUT2D eigenvalue weighted by Gasteiger charge is 2.31. The smallest absolute Gasteiger partial charge is 0.188 e. The van der Waals surface area contributed by atoms with Crippen LogP contribution in [0.2, 0.25) is 0 Å². The number of aliphatic hydroxyl groups is 1. The summed E-state index contributed by atoms with van der Waals surface area (Å²) in [5, 5.41) is 14.4. The number of methoxy groups -OCH3 is 1. The second-order valence-corrected chi connectivity index (χ2v) is 7.24. The summed E-state index contributed by atoms with van der Waals surface area (Å²) in [6.45, 7) is 1.44. The number of nitrogens with one attached hydrogen (secondary N) is 1. The van der Waals surface area contributed by atoms with E-state index in [1.165, 1.54) is 4.88 Å². The zero-order chi connectivity index (χ0) is 12.3. The van der Waals surface area contributed by atoms with Gasteiger partial charge in [0.05, 0.1) is 17.2 Å². The Hall–Kier alpha value is 0.250. The summed E-state index contributed by atoms with van der Waals surface area (Å²) in [4.78, 5) is 1.21. The molecule has 96 valence electrons. The van der Waals surface area contributed by atoms with Crippen molar-refractivity contribution in [3.8, 4) is 5.06 Å². The van der Waals surface area contributed by atoms with E-state index < -0.39 is 5.60 Å². The first-order valence-corrected chi connectivity index (χ1v) is 8.22. The lowest BCUT2D eigenvalue weighted by Crippen LogP contribution is -2.40. The van der Waals surface area contributed by atoms with Gasteiger partial charge < -0.3 is 15.2 Å². The van der Waals surface area contributed by atoms with Gasteiger partial charge in [-0.25, -0.2) is 0 Å². The maximum absolute atomic E-state index is 10.2. The molecule has 1 aliphatic rings. The fourth-order valence-corrected chi connectivity index (χ4v) is 4.73. The number of halogens is 1. The van der Waals surface area contributed by atoms with Crippen molar-refractivity contribution in [2.24, 2.45) is 0 Å². The molecule has 0 aromatic carbocycles. The molecule has 0 spiro atoms. The number of thioether (sulfide) groups is 1. The van der Waals surface area contributed by atoms with Crippen LogP contribution in [-0.2, 0) is 6.54 Å². The Morgan fingerprint density at radius 3 is 3.06 bits per heavy atom. The molecule has 1 saturated heterocycles. The van der Waals surface area contributed by atoms with Gasteiger partial charge in [-0.05, 0) is 34.2 Å². The lowest BCUT2D eigenvalue weighted by atomic mass is 10.0. The molecule has 1 aromatic heterocycles. The summed E-state index contributed by atoms with van der Waals surface area (Å²) in [6, 6.07) is 2.06. The van der Waals surface area contributed by atoms with Crippen LogP contribution in [0.3, 0.4) is 0 Å². The van der Waals surface area contributed by atoms with Gasteiger partial charge in [-0.2, -0.15) is 11.8 Å². The molecule has 0 saturated carbocycles. The Labute approximate surface area is 118 Å². The monoisotopic (exact) mass is 337 g/mol. The molecule has 0 aliphatic carbocycles. The Kier molecular flexibility index (Phi) is 4.77. The number of hydrogen-bond acceptors (Lipinski definition) is 5. The minimum atomic E-state index is -0.511. The Morgan fingerprint density at radius 2 is 2.47 bits per heavy atom. The number of thiophene rings is 1. The average Bonchev–Trinajstić information content (AvgIpc) is 2.86. The van der Waals surface area contributed by atoms with Crippen molar-refractivity contribution < 1.29 is 9.84 Å². The summed E-state index contributed by atoms with van der Waals surface area (Å²) in [5.74, 6) is 1.91. The maximum Gasteiger partial charge on any atom is 0.188 e. The van der Waals surface area contributed by atoms with Gasteiger partial charge in [0.2, 0.25) is 0 Å². The highest BCUT2D eigenvalue weighted by molar-refractivity contribution is 9.10. The van der Waals surface area contributed by atoms with E-state index in [1.807, 2.05) is 11.8 Å². The molecule has 0 bridgehead atoms. The molecular weight excluding hydrogens is 322 g/mol. The lowest BCUT2D eigenvalue weighted by molar-refractivity contribution is 0.0675. The first-order valence-electron chi connectivity index (χ1n) is 5.46. The van der Waals surface area contributed by atoms with Gasteiger partial charge in [0.25, 0.3) is 0 Å². The normalized spacial score (nSPS) is 24.2. The van der Waals surface area contributed by atoms with Crippen LogP contribution in [0, 0.1) is 0 Å². The largest absolute Gasteiger partial charge is 0.486 e. The van der Waals surface area contributed by atoms with Crippen molar-refractivity contribution in [1.82, 2.24) is 5.32 Å². The highest BCUT2D eigenvalue weighted by atomic mass is 79.9. The topological polar surface area (TPSA) is 41.5 Å². The molecule has 3 nitrogen and oxygen atoms in total. The third-order valence-corrected chi connectivity index (χ3v) is 5.91. The summed E-state index contributed by atoms with van der Waals surface area (Å²) in [6.07, 6.45) is 0.891. The SMILES string of the molecule is COc1sc(CNCC2(O)CCSC2)cc1Br. The van der Waals surface area contributed by atoms with Crippen molar-refractivity contribution in [1.29, 1.82) is 0 Å². The summed E-state index contributed by atoms with van der Waals surface area (Å²) in [7, 11) is 1.67. The van der Waals surface area contributed by atoms with E-state index in [0.29, 0.717) is 6.54 Å². The standard InChI is InChI=1S/C11H16BrNO2S2/c1-15-10-9(12)4-8(17-10)5-13-6-11(14)2-3-16-7-11/h4,13-14H,2-3,5-7H2,1H3. The average molecular weight is 338 g/mol. The summed E-state index contributed by atoms with van der Waals surface area (Å²) >= 11 is 6.90. The van der Waals surface area contributed by atoms with E-state index in [-0.39, 0.29) is 0 Å². The fraction of sp³-hybridized carbons (Fsp3) is 0.636. The van der Waals surface area contributed by atoms with Gasteiger partial charge in [-0.15, -0.1) is 11.3 Å². The van der Waals surface area contributed by atoms with E-state index in [9.17, 15) is 5.11 Å². The van der Waals surface area contributed by atoms with Crippen LogP contribution >= 0.6 is 39.0 Å². The fourth-order valence-electron chi connectivity index (χ4n) is 1.78. The van der Waals surface area contributed by atoms with E-state index in [2.05, 4.69) is 27.3 Å². The van der Waals surface area contributed by atoms with E-state index in [1.54, 1.807) is 18.4 Å². The van der Waals surface area contributed by atoms with E-state index >= 15 is 0 Å². The number of rotatable bonds is 5. The Bertz CT molecular complexity index is 378. The van der Waals surface area contributed by atoms with E-state index in [0.717, 1.165) is 34.0 Å². The molecule has 0 amide bonds. The van der Waals surface area contributed by atoms with Gasteiger partial charge in [0.1, 0.15) is 0 Å². The van der Waals surface area contributed by atoms with Gasteiger partial charge >= 0.3 is 0 Å².